The highest BCUT2D eigenvalue weighted by Gasteiger charge is 2.26. The number of carboxylic acid groups (broad SMARTS) is 1. The highest BCUT2D eigenvalue weighted by Crippen LogP contribution is 2.13. The molecule has 0 radical (unpaired) electrons. The van der Waals surface area contributed by atoms with E-state index in [1.807, 2.05) is 23.6 Å². The molecule has 0 saturated heterocycles. The number of aromatic nitrogens is 4. The average Bonchev–Trinajstić information content (AvgIpc) is 3.39. The van der Waals surface area contributed by atoms with Gasteiger partial charge in [-0.2, -0.15) is 0 Å². The zero-order valence-electron chi connectivity index (χ0n) is 15.8. The van der Waals surface area contributed by atoms with E-state index >= 15 is 0 Å². The van der Waals surface area contributed by atoms with E-state index in [1.54, 1.807) is 24.3 Å². The number of amides is 1. The zero-order chi connectivity index (χ0) is 21.3. The Morgan fingerprint density at radius 3 is 2.67 bits per heavy atom. The number of thiophene rings is 1. The summed E-state index contributed by atoms with van der Waals surface area (Å²) in [6, 6.07) is 11.5. The summed E-state index contributed by atoms with van der Waals surface area (Å²) in [5, 5.41) is 24.7. The molecular formula is C19H19N5O5S. The Balaban J connectivity index is 1.60. The Morgan fingerprint density at radius 2 is 1.97 bits per heavy atom. The molecule has 10 nitrogen and oxygen atoms in total. The topological polar surface area (TPSA) is 136 Å². The summed E-state index contributed by atoms with van der Waals surface area (Å²) in [5.74, 6) is -1.31. The van der Waals surface area contributed by atoms with Gasteiger partial charge in [0.2, 0.25) is 0 Å². The van der Waals surface area contributed by atoms with Crippen molar-refractivity contribution in [2.75, 3.05) is 0 Å². The molecule has 0 saturated carbocycles. The molecule has 3 aromatic rings. The number of rotatable bonds is 10. The molecular weight excluding hydrogens is 410 g/mol. The number of nitrogens with one attached hydrogen (secondary N) is 1. The van der Waals surface area contributed by atoms with Crippen LogP contribution in [0.15, 0.2) is 47.8 Å². The standard InChI is InChI=1S/C19H19N5O5S/c25-16(11-24-17(21-22-23-24)9-14-7-4-8-30-14)15(10-18(26)27)20-19(28)29-12-13-5-2-1-3-6-13/h1-8,15H,9-12H2,(H,20,28)(H,26,27). The smallest absolute Gasteiger partial charge is 0.408 e. The molecule has 0 aliphatic carbocycles. The SMILES string of the molecule is O=C(O)CC(NC(=O)OCc1ccccc1)C(=O)Cn1nnnc1Cc1cccs1. The van der Waals surface area contributed by atoms with Gasteiger partial charge in [-0.05, 0) is 27.4 Å². The maximum atomic E-state index is 12.7. The molecule has 3 rings (SSSR count). The van der Waals surface area contributed by atoms with E-state index in [0.717, 1.165) is 10.4 Å². The van der Waals surface area contributed by atoms with Crippen LogP contribution in [0.2, 0.25) is 0 Å². The Bertz CT molecular complexity index is 990. The minimum atomic E-state index is -1.27. The number of hydrogen-bond acceptors (Lipinski definition) is 8. The Hall–Kier alpha value is -3.60. The van der Waals surface area contributed by atoms with Gasteiger partial charge in [0.15, 0.2) is 11.6 Å². The molecule has 1 atom stereocenters. The lowest BCUT2D eigenvalue weighted by atomic mass is 10.1. The van der Waals surface area contributed by atoms with Gasteiger partial charge in [-0.1, -0.05) is 36.4 Å². The second kappa shape index (κ2) is 10.3. The van der Waals surface area contributed by atoms with Gasteiger partial charge in [-0.15, -0.1) is 16.4 Å². The molecule has 1 unspecified atom stereocenters. The number of aliphatic carboxylic acids is 1. The normalized spacial score (nSPS) is 11.6. The van der Waals surface area contributed by atoms with Crippen molar-refractivity contribution >= 4 is 29.2 Å². The fourth-order valence-corrected chi connectivity index (χ4v) is 3.33. The highest BCUT2D eigenvalue weighted by atomic mass is 32.1. The van der Waals surface area contributed by atoms with Gasteiger partial charge in [0, 0.05) is 11.3 Å². The Morgan fingerprint density at radius 1 is 1.17 bits per heavy atom. The first-order valence-electron chi connectivity index (χ1n) is 9.00. The number of ketones is 1. The molecule has 11 heteroatoms. The van der Waals surface area contributed by atoms with Gasteiger partial charge >= 0.3 is 12.1 Å². The number of benzene rings is 1. The summed E-state index contributed by atoms with van der Waals surface area (Å²) >= 11 is 1.53. The summed E-state index contributed by atoms with van der Waals surface area (Å²) in [6.07, 6.45) is -1.02. The molecule has 156 valence electrons. The van der Waals surface area contributed by atoms with Crippen molar-refractivity contribution in [3.63, 3.8) is 0 Å². The average molecular weight is 429 g/mol. The van der Waals surface area contributed by atoms with Crippen LogP contribution in [0, 0.1) is 0 Å². The summed E-state index contributed by atoms with van der Waals surface area (Å²) in [4.78, 5) is 36.9. The molecule has 0 aliphatic heterocycles. The molecule has 30 heavy (non-hydrogen) atoms. The third kappa shape index (κ3) is 6.21. The second-order valence-electron chi connectivity index (χ2n) is 6.33. The number of carboxylic acids is 1. The first-order valence-corrected chi connectivity index (χ1v) is 9.88. The quantitative estimate of drug-likeness (QED) is 0.497. The maximum absolute atomic E-state index is 12.7. The monoisotopic (exact) mass is 429 g/mol. The van der Waals surface area contributed by atoms with Gasteiger partial charge in [0.1, 0.15) is 19.2 Å². The lowest BCUT2D eigenvalue weighted by Crippen LogP contribution is -2.44. The lowest BCUT2D eigenvalue weighted by molar-refractivity contribution is -0.139. The molecule has 2 N–H and O–H groups in total. The number of nitrogens with zero attached hydrogens (tertiary/aromatic N) is 4. The summed E-state index contributed by atoms with van der Waals surface area (Å²) < 4.78 is 6.38. The van der Waals surface area contributed by atoms with Crippen LogP contribution >= 0.6 is 11.3 Å². The predicted molar refractivity (Wildman–Crippen MR) is 106 cm³/mol. The first kappa shape index (κ1) is 21.1. The second-order valence-corrected chi connectivity index (χ2v) is 7.36. The third-order valence-corrected chi connectivity index (χ3v) is 4.97. The third-order valence-electron chi connectivity index (χ3n) is 4.10. The van der Waals surface area contributed by atoms with E-state index in [4.69, 9.17) is 9.84 Å². The van der Waals surface area contributed by atoms with Crippen LogP contribution in [0.5, 0.6) is 0 Å². The summed E-state index contributed by atoms with van der Waals surface area (Å²) in [6.45, 7) is -0.275. The van der Waals surface area contributed by atoms with Crippen LogP contribution in [0.4, 0.5) is 4.79 Å². The van der Waals surface area contributed by atoms with Crippen LogP contribution in [0.3, 0.4) is 0 Å². The van der Waals surface area contributed by atoms with Crippen molar-refractivity contribution in [2.24, 2.45) is 0 Å². The van der Waals surface area contributed by atoms with E-state index in [1.165, 1.54) is 16.0 Å². The molecule has 2 heterocycles. The van der Waals surface area contributed by atoms with Crippen LogP contribution < -0.4 is 5.32 Å². The van der Waals surface area contributed by atoms with E-state index in [2.05, 4.69) is 20.8 Å². The number of Topliss-reactive ketones (excluding diaryl/α,β-unsaturated/α-hetero) is 1. The van der Waals surface area contributed by atoms with Gasteiger partial charge in [0.25, 0.3) is 0 Å². The number of ether oxygens (including phenoxy) is 1. The van der Waals surface area contributed by atoms with E-state index in [0.29, 0.717) is 12.2 Å². The molecule has 1 aromatic carbocycles. The van der Waals surface area contributed by atoms with Crippen molar-refractivity contribution in [1.29, 1.82) is 0 Å². The van der Waals surface area contributed by atoms with Crippen LogP contribution in [0.1, 0.15) is 22.7 Å². The van der Waals surface area contributed by atoms with Gasteiger partial charge in [-0.25, -0.2) is 9.48 Å². The van der Waals surface area contributed by atoms with Crippen molar-refractivity contribution in [3.8, 4) is 0 Å². The predicted octanol–water partition coefficient (Wildman–Crippen LogP) is 1.66. The zero-order valence-corrected chi connectivity index (χ0v) is 16.6. The van der Waals surface area contributed by atoms with Crippen LogP contribution in [-0.4, -0.2) is 49.2 Å². The van der Waals surface area contributed by atoms with Crippen molar-refractivity contribution < 1.29 is 24.2 Å². The van der Waals surface area contributed by atoms with Crippen molar-refractivity contribution in [2.45, 2.75) is 32.0 Å². The Labute approximate surface area is 175 Å². The Kier molecular flexibility index (Phi) is 7.22. The molecule has 2 aromatic heterocycles. The number of carbonyl (C=O) groups is 3. The largest absolute Gasteiger partial charge is 0.481 e. The fraction of sp³-hybridized carbons (Fsp3) is 0.263. The van der Waals surface area contributed by atoms with Crippen LogP contribution in [-0.2, 0) is 33.9 Å². The number of carbonyl (C=O) groups excluding carboxylic acids is 2. The first-order chi connectivity index (χ1) is 14.5. The molecule has 0 spiro atoms. The molecule has 1 amide bonds. The summed E-state index contributed by atoms with van der Waals surface area (Å²) in [7, 11) is 0. The summed E-state index contributed by atoms with van der Waals surface area (Å²) in [5.41, 5.74) is 0.765. The minimum absolute atomic E-state index is 0.00138. The van der Waals surface area contributed by atoms with Gasteiger partial charge in [0.05, 0.1) is 6.42 Å². The van der Waals surface area contributed by atoms with Gasteiger partial charge in [-0.3, -0.25) is 9.59 Å². The molecule has 0 fully saturated rings. The van der Waals surface area contributed by atoms with E-state index in [9.17, 15) is 14.4 Å². The number of alkyl carbamates (subject to hydrolysis) is 1. The van der Waals surface area contributed by atoms with E-state index < -0.39 is 30.3 Å². The lowest BCUT2D eigenvalue weighted by Gasteiger charge is -2.16. The molecule has 0 aliphatic rings. The highest BCUT2D eigenvalue weighted by molar-refractivity contribution is 7.09. The number of tetrazole rings is 1. The van der Waals surface area contributed by atoms with Gasteiger partial charge < -0.3 is 15.2 Å². The van der Waals surface area contributed by atoms with Crippen LogP contribution in [0.25, 0.3) is 0 Å². The number of hydrogen-bond donors (Lipinski definition) is 2. The minimum Gasteiger partial charge on any atom is -0.481 e. The van der Waals surface area contributed by atoms with Crippen molar-refractivity contribution in [1.82, 2.24) is 25.5 Å². The van der Waals surface area contributed by atoms with E-state index in [-0.39, 0.29) is 13.2 Å². The maximum Gasteiger partial charge on any atom is 0.408 e. The molecule has 0 bridgehead atoms. The fourth-order valence-electron chi connectivity index (χ4n) is 2.63. The van der Waals surface area contributed by atoms with Crippen molar-refractivity contribution in [3.05, 3.63) is 64.1 Å².